The molecule has 0 bridgehead atoms. The summed E-state index contributed by atoms with van der Waals surface area (Å²) >= 11 is 1.73. The molecule has 0 spiro atoms. The van der Waals surface area contributed by atoms with Crippen molar-refractivity contribution in [2.45, 2.75) is 12.3 Å². The first kappa shape index (κ1) is 8.92. The van der Waals surface area contributed by atoms with E-state index in [1.165, 1.54) is 10.6 Å². The van der Waals surface area contributed by atoms with Crippen molar-refractivity contribution >= 4 is 11.3 Å². The fourth-order valence-electron chi connectivity index (χ4n) is 2.01. The van der Waals surface area contributed by atoms with Crippen molar-refractivity contribution in [1.82, 2.24) is 4.98 Å². The Bertz CT molecular complexity index is 452. The number of para-hydroxylation sites is 1. The van der Waals surface area contributed by atoms with Gasteiger partial charge in [0.25, 0.3) is 0 Å². The van der Waals surface area contributed by atoms with E-state index in [4.69, 9.17) is 4.74 Å². The van der Waals surface area contributed by atoms with Crippen LogP contribution in [0.5, 0.6) is 5.75 Å². The molecule has 0 radical (unpaired) electrons. The number of aromatic nitrogens is 1. The molecule has 2 heterocycles. The molecule has 0 saturated carbocycles. The SMILES string of the molecule is c1ccc2c(c1)OCCC2c1nccs1. The van der Waals surface area contributed by atoms with Gasteiger partial charge in [-0.05, 0) is 12.5 Å². The zero-order chi connectivity index (χ0) is 10.1. The molecule has 1 aliphatic rings. The Hall–Kier alpha value is -1.35. The smallest absolute Gasteiger partial charge is 0.123 e. The van der Waals surface area contributed by atoms with Gasteiger partial charge in [0.15, 0.2) is 0 Å². The monoisotopic (exact) mass is 217 g/mol. The van der Waals surface area contributed by atoms with E-state index in [9.17, 15) is 0 Å². The van der Waals surface area contributed by atoms with Gasteiger partial charge in [-0.2, -0.15) is 0 Å². The first-order valence-electron chi connectivity index (χ1n) is 5.06. The molecule has 1 aromatic heterocycles. The molecule has 2 nitrogen and oxygen atoms in total. The van der Waals surface area contributed by atoms with Crippen LogP contribution in [-0.4, -0.2) is 11.6 Å². The van der Waals surface area contributed by atoms with Crippen LogP contribution >= 0.6 is 11.3 Å². The van der Waals surface area contributed by atoms with Gasteiger partial charge in [0.2, 0.25) is 0 Å². The van der Waals surface area contributed by atoms with Crippen LogP contribution in [0.1, 0.15) is 22.9 Å². The van der Waals surface area contributed by atoms with Gasteiger partial charge >= 0.3 is 0 Å². The second-order valence-corrected chi connectivity index (χ2v) is 4.52. The minimum Gasteiger partial charge on any atom is -0.493 e. The molecule has 3 rings (SSSR count). The average molecular weight is 217 g/mol. The fraction of sp³-hybridized carbons (Fsp3) is 0.250. The lowest BCUT2D eigenvalue weighted by atomic mass is 9.94. The molecule has 0 N–H and O–H groups in total. The molecule has 1 atom stereocenters. The Balaban J connectivity index is 2.06. The van der Waals surface area contributed by atoms with Gasteiger partial charge in [0.1, 0.15) is 10.8 Å². The lowest BCUT2D eigenvalue weighted by Gasteiger charge is -2.24. The number of hydrogen-bond donors (Lipinski definition) is 0. The summed E-state index contributed by atoms with van der Waals surface area (Å²) in [5.74, 6) is 1.44. The van der Waals surface area contributed by atoms with Crippen molar-refractivity contribution in [3.8, 4) is 5.75 Å². The Labute approximate surface area is 92.6 Å². The van der Waals surface area contributed by atoms with E-state index in [2.05, 4.69) is 17.1 Å². The van der Waals surface area contributed by atoms with Crippen LogP contribution in [0.4, 0.5) is 0 Å². The van der Waals surface area contributed by atoms with Crippen LogP contribution in [0, 0.1) is 0 Å². The summed E-state index contributed by atoms with van der Waals surface area (Å²) in [5.41, 5.74) is 1.28. The lowest BCUT2D eigenvalue weighted by molar-refractivity contribution is 0.277. The van der Waals surface area contributed by atoms with Crippen LogP contribution < -0.4 is 4.74 Å². The Morgan fingerprint density at radius 1 is 1.33 bits per heavy atom. The van der Waals surface area contributed by atoms with Crippen LogP contribution in [0.3, 0.4) is 0 Å². The highest BCUT2D eigenvalue weighted by Crippen LogP contribution is 2.38. The van der Waals surface area contributed by atoms with Gasteiger partial charge in [-0.3, -0.25) is 0 Å². The predicted molar refractivity (Wildman–Crippen MR) is 60.5 cm³/mol. The van der Waals surface area contributed by atoms with E-state index >= 15 is 0 Å². The van der Waals surface area contributed by atoms with Crippen molar-refractivity contribution in [3.63, 3.8) is 0 Å². The zero-order valence-corrected chi connectivity index (χ0v) is 9.04. The van der Waals surface area contributed by atoms with Gasteiger partial charge in [0.05, 0.1) is 6.61 Å². The molecular weight excluding hydrogens is 206 g/mol. The summed E-state index contributed by atoms with van der Waals surface area (Å²) < 4.78 is 5.63. The number of thiazole rings is 1. The number of benzene rings is 1. The summed E-state index contributed by atoms with van der Waals surface area (Å²) in [6.45, 7) is 0.793. The molecule has 0 saturated heterocycles. The van der Waals surface area contributed by atoms with E-state index in [-0.39, 0.29) is 0 Å². The minimum atomic E-state index is 0.426. The molecule has 15 heavy (non-hydrogen) atoms. The lowest BCUT2D eigenvalue weighted by Crippen LogP contribution is -2.14. The summed E-state index contributed by atoms with van der Waals surface area (Å²) in [5, 5.41) is 3.23. The van der Waals surface area contributed by atoms with E-state index in [1.54, 1.807) is 11.3 Å². The van der Waals surface area contributed by atoms with Crippen LogP contribution in [0.25, 0.3) is 0 Å². The standard InChI is InChI=1S/C12H11NOS/c1-2-4-11-9(3-1)10(5-7-14-11)12-13-6-8-15-12/h1-4,6,8,10H,5,7H2. The van der Waals surface area contributed by atoms with Crippen LogP contribution in [0.2, 0.25) is 0 Å². The number of hydrogen-bond acceptors (Lipinski definition) is 3. The summed E-state index contributed by atoms with van der Waals surface area (Å²) in [6, 6.07) is 8.26. The quantitative estimate of drug-likeness (QED) is 0.732. The van der Waals surface area contributed by atoms with Crippen molar-refractivity contribution in [3.05, 3.63) is 46.4 Å². The normalized spacial score (nSPS) is 19.3. The second kappa shape index (κ2) is 3.66. The largest absolute Gasteiger partial charge is 0.493 e. The van der Waals surface area contributed by atoms with Gasteiger partial charge in [-0.1, -0.05) is 18.2 Å². The van der Waals surface area contributed by atoms with E-state index in [0.29, 0.717) is 5.92 Å². The molecule has 3 heteroatoms. The molecule has 0 aliphatic carbocycles. The van der Waals surface area contributed by atoms with Gasteiger partial charge in [-0.25, -0.2) is 4.98 Å². The summed E-state index contributed by atoms with van der Waals surface area (Å²) in [4.78, 5) is 4.40. The molecule has 1 aliphatic heterocycles. The third-order valence-corrected chi connectivity index (χ3v) is 3.60. The van der Waals surface area contributed by atoms with Crippen molar-refractivity contribution < 1.29 is 4.74 Å². The highest BCUT2D eigenvalue weighted by Gasteiger charge is 2.24. The number of nitrogens with zero attached hydrogens (tertiary/aromatic N) is 1. The molecule has 76 valence electrons. The highest BCUT2D eigenvalue weighted by atomic mass is 32.1. The van der Waals surface area contributed by atoms with Gasteiger partial charge in [-0.15, -0.1) is 11.3 Å². The average Bonchev–Trinajstić information content (AvgIpc) is 2.82. The number of rotatable bonds is 1. The van der Waals surface area contributed by atoms with E-state index in [0.717, 1.165) is 18.8 Å². The first-order chi connectivity index (χ1) is 7.45. The predicted octanol–water partition coefficient (Wildman–Crippen LogP) is 3.06. The van der Waals surface area contributed by atoms with E-state index in [1.807, 2.05) is 23.7 Å². The molecule has 1 aromatic carbocycles. The maximum Gasteiger partial charge on any atom is 0.123 e. The second-order valence-electron chi connectivity index (χ2n) is 3.60. The van der Waals surface area contributed by atoms with Crippen molar-refractivity contribution in [1.29, 1.82) is 0 Å². The van der Waals surface area contributed by atoms with Crippen molar-refractivity contribution in [2.75, 3.05) is 6.61 Å². The minimum absolute atomic E-state index is 0.426. The molecule has 0 fully saturated rings. The van der Waals surface area contributed by atoms with Crippen LogP contribution in [-0.2, 0) is 0 Å². The first-order valence-corrected chi connectivity index (χ1v) is 5.94. The number of fused-ring (bicyclic) bond motifs is 1. The number of ether oxygens (including phenoxy) is 1. The fourth-order valence-corrected chi connectivity index (χ4v) is 2.80. The third kappa shape index (κ3) is 1.53. The maximum absolute atomic E-state index is 5.63. The Morgan fingerprint density at radius 2 is 2.27 bits per heavy atom. The van der Waals surface area contributed by atoms with Crippen molar-refractivity contribution in [2.24, 2.45) is 0 Å². The summed E-state index contributed by atoms with van der Waals surface area (Å²) in [7, 11) is 0. The highest BCUT2D eigenvalue weighted by molar-refractivity contribution is 7.09. The Morgan fingerprint density at radius 3 is 3.13 bits per heavy atom. The van der Waals surface area contributed by atoms with Crippen LogP contribution in [0.15, 0.2) is 35.8 Å². The molecular formula is C12H11NOS. The Kier molecular flexibility index (Phi) is 2.18. The molecule has 0 amide bonds. The molecule has 2 aromatic rings. The maximum atomic E-state index is 5.63. The third-order valence-electron chi connectivity index (χ3n) is 2.71. The van der Waals surface area contributed by atoms with E-state index < -0.39 is 0 Å². The van der Waals surface area contributed by atoms with Gasteiger partial charge in [0, 0.05) is 23.1 Å². The zero-order valence-electron chi connectivity index (χ0n) is 8.22. The topological polar surface area (TPSA) is 22.1 Å². The molecule has 1 unspecified atom stereocenters. The van der Waals surface area contributed by atoms with Gasteiger partial charge < -0.3 is 4.74 Å². The summed E-state index contributed by atoms with van der Waals surface area (Å²) in [6.07, 6.45) is 2.91.